The minimum atomic E-state index is -0.283. The average Bonchev–Trinajstić information content (AvgIpc) is 3.21. The smallest absolute Gasteiger partial charge is 0.223 e. The topological polar surface area (TPSA) is 50.4 Å². The number of carbonyl (C=O) groups excluding carboxylic acids is 1. The Labute approximate surface area is 130 Å². The van der Waals surface area contributed by atoms with Crippen molar-refractivity contribution >= 4 is 5.91 Å². The van der Waals surface area contributed by atoms with Gasteiger partial charge >= 0.3 is 0 Å². The predicted molar refractivity (Wildman–Crippen MR) is 82.1 cm³/mol. The van der Waals surface area contributed by atoms with E-state index in [1.807, 2.05) is 6.92 Å². The van der Waals surface area contributed by atoms with Gasteiger partial charge in [-0.15, -0.1) is 0 Å². The van der Waals surface area contributed by atoms with Crippen LogP contribution in [0.5, 0.6) is 5.75 Å². The van der Waals surface area contributed by atoms with Crippen LogP contribution in [-0.2, 0) is 4.79 Å². The maximum Gasteiger partial charge on any atom is 0.223 e. The van der Waals surface area contributed by atoms with Crippen molar-refractivity contribution in [1.82, 2.24) is 10.6 Å². The van der Waals surface area contributed by atoms with Crippen LogP contribution in [0.2, 0.25) is 0 Å². The number of piperidine rings is 1. The first-order valence-corrected chi connectivity index (χ1v) is 8.00. The van der Waals surface area contributed by atoms with Crippen LogP contribution in [0.4, 0.5) is 4.39 Å². The summed E-state index contributed by atoms with van der Waals surface area (Å²) >= 11 is 0. The Morgan fingerprint density at radius 2 is 2.09 bits per heavy atom. The first-order valence-electron chi connectivity index (χ1n) is 8.00. The lowest BCUT2D eigenvalue weighted by atomic mass is 9.92. The zero-order valence-corrected chi connectivity index (χ0v) is 12.9. The van der Waals surface area contributed by atoms with Gasteiger partial charge in [0.15, 0.2) is 0 Å². The van der Waals surface area contributed by atoms with Crippen LogP contribution in [0.1, 0.15) is 26.2 Å². The van der Waals surface area contributed by atoms with E-state index in [4.69, 9.17) is 4.74 Å². The van der Waals surface area contributed by atoms with Crippen LogP contribution in [0.3, 0.4) is 0 Å². The molecule has 4 nitrogen and oxygen atoms in total. The fraction of sp³-hybridized carbons (Fsp3) is 0.588. The van der Waals surface area contributed by atoms with Gasteiger partial charge in [0.2, 0.25) is 5.91 Å². The molecule has 1 aromatic rings. The third-order valence-corrected chi connectivity index (χ3v) is 4.82. The summed E-state index contributed by atoms with van der Waals surface area (Å²) in [6.45, 7) is 4.42. The number of halogens is 1. The van der Waals surface area contributed by atoms with Gasteiger partial charge in [-0.2, -0.15) is 0 Å². The molecular weight excluding hydrogens is 283 g/mol. The molecular formula is C17H23FN2O2. The Bertz CT molecular complexity index is 526. The quantitative estimate of drug-likeness (QED) is 0.876. The molecule has 1 heterocycles. The van der Waals surface area contributed by atoms with Crippen LogP contribution in [0.15, 0.2) is 24.3 Å². The highest BCUT2D eigenvalue weighted by Gasteiger charge is 2.57. The first kappa shape index (κ1) is 15.3. The molecule has 2 fully saturated rings. The standard InChI is InChI=1S/C17H23FN2O2/c1-12(22-14-4-2-13(18)3-5-14)11-20-16(21)15-10-17(15)6-8-19-9-7-17/h2-5,12,15,19H,6-11H2,1H3,(H,20,21). The first-order chi connectivity index (χ1) is 10.6. The molecule has 2 aliphatic rings. The third-order valence-electron chi connectivity index (χ3n) is 4.82. The summed E-state index contributed by atoms with van der Waals surface area (Å²) in [7, 11) is 0. The number of nitrogens with one attached hydrogen (secondary N) is 2. The normalized spacial score (nSPS) is 23.8. The van der Waals surface area contributed by atoms with Gasteiger partial charge in [-0.25, -0.2) is 4.39 Å². The van der Waals surface area contributed by atoms with Crippen molar-refractivity contribution in [2.45, 2.75) is 32.3 Å². The van der Waals surface area contributed by atoms with Crippen LogP contribution in [-0.4, -0.2) is 31.6 Å². The van der Waals surface area contributed by atoms with Crippen LogP contribution in [0, 0.1) is 17.2 Å². The van der Waals surface area contributed by atoms with Crippen molar-refractivity contribution in [2.75, 3.05) is 19.6 Å². The highest BCUT2D eigenvalue weighted by molar-refractivity contribution is 5.82. The lowest BCUT2D eigenvalue weighted by Gasteiger charge is -2.23. The van der Waals surface area contributed by atoms with Crippen molar-refractivity contribution in [3.05, 3.63) is 30.1 Å². The molecule has 3 rings (SSSR count). The Hall–Kier alpha value is -1.62. The van der Waals surface area contributed by atoms with Crippen molar-refractivity contribution in [3.63, 3.8) is 0 Å². The Balaban J connectivity index is 1.42. The molecule has 1 amide bonds. The zero-order valence-electron chi connectivity index (χ0n) is 12.9. The number of amides is 1. The molecule has 1 aliphatic heterocycles. The van der Waals surface area contributed by atoms with E-state index in [2.05, 4.69) is 10.6 Å². The van der Waals surface area contributed by atoms with Gasteiger partial charge in [-0.3, -0.25) is 4.79 Å². The number of carbonyl (C=O) groups is 1. The van der Waals surface area contributed by atoms with Gasteiger partial charge in [0.25, 0.3) is 0 Å². The average molecular weight is 306 g/mol. The second-order valence-electron chi connectivity index (χ2n) is 6.50. The van der Waals surface area contributed by atoms with E-state index in [0.29, 0.717) is 12.3 Å². The van der Waals surface area contributed by atoms with Gasteiger partial charge in [-0.1, -0.05) is 0 Å². The lowest BCUT2D eigenvalue weighted by Crippen LogP contribution is -2.37. The highest BCUT2D eigenvalue weighted by Crippen LogP contribution is 2.58. The number of hydrogen-bond donors (Lipinski definition) is 2. The molecule has 22 heavy (non-hydrogen) atoms. The molecule has 1 saturated carbocycles. The van der Waals surface area contributed by atoms with E-state index in [9.17, 15) is 9.18 Å². The predicted octanol–water partition coefficient (Wildman–Crippen LogP) is 2.10. The number of rotatable bonds is 5. The number of benzene rings is 1. The van der Waals surface area contributed by atoms with Crippen molar-refractivity contribution < 1.29 is 13.9 Å². The molecule has 0 radical (unpaired) electrons. The van der Waals surface area contributed by atoms with Crippen LogP contribution < -0.4 is 15.4 Å². The molecule has 2 N–H and O–H groups in total. The van der Waals surface area contributed by atoms with E-state index in [1.165, 1.54) is 12.1 Å². The molecule has 1 aliphatic carbocycles. The molecule has 0 bridgehead atoms. The van der Waals surface area contributed by atoms with Crippen molar-refractivity contribution in [1.29, 1.82) is 0 Å². The Kier molecular flexibility index (Phi) is 4.34. The van der Waals surface area contributed by atoms with Gasteiger partial charge in [0.05, 0.1) is 6.54 Å². The summed E-state index contributed by atoms with van der Waals surface area (Å²) in [5.41, 5.74) is 0.260. The fourth-order valence-electron chi connectivity index (χ4n) is 3.35. The maximum atomic E-state index is 12.8. The maximum absolute atomic E-state index is 12.8. The lowest BCUT2D eigenvalue weighted by molar-refractivity contribution is -0.123. The monoisotopic (exact) mass is 306 g/mol. The summed E-state index contributed by atoms with van der Waals surface area (Å²) in [5, 5.41) is 6.33. The SMILES string of the molecule is CC(CNC(=O)C1CC12CCNCC2)Oc1ccc(F)cc1. The molecule has 120 valence electrons. The third kappa shape index (κ3) is 3.40. The van der Waals surface area contributed by atoms with E-state index in [-0.39, 0.29) is 29.2 Å². The van der Waals surface area contributed by atoms with E-state index in [1.54, 1.807) is 12.1 Å². The molecule has 2 atom stereocenters. The summed E-state index contributed by atoms with van der Waals surface area (Å²) < 4.78 is 18.5. The van der Waals surface area contributed by atoms with Gasteiger partial charge < -0.3 is 15.4 Å². The largest absolute Gasteiger partial charge is 0.489 e. The number of ether oxygens (including phenoxy) is 1. The van der Waals surface area contributed by atoms with E-state index >= 15 is 0 Å². The van der Waals surface area contributed by atoms with Crippen molar-refractivity contribution in [2.24, 2.45) is 11.3 Å². The Morgan fingerprint density at radius 1 is 1.41 bits per heavy atom. The molecule has 5 heteroatoms. The van der Waals surface area contributed by atoms with Gasteiger partial charge in [-0.05, 0) is 69.0 Å². The van der Waals surface area contributed by atoms with E-state index in [0.717, 1.165) is 32.4 Å². The van der Waals surface area contributed by atoms with E-state index < -0.39 is 0 Å². The zero-order chi connectivity index (χ0) is 15.6. The fourth-order valence-corrected chi connectivity index (χ4v) is 3.35. The van der Waals surface area contributed by atoms with Crippen LogP contribution >= 0.6 is 0 Å². The minimum Gasteiger partial charge on any atom is -0.489 e. The molecule has 1 spiro atoms. The summed E-state index contributed by atoms with van der Waals surface area (Å²) in [5.74, 6) is 0.655. The Morgan fingerprint density at radius 3 is 2.77 bits per heavy atom. The second-order valence-corrected chi connectivity index (χ2v) is 6.50. The molecule has 0 aromatic heterocycles. The molecule has 1 aromatic carbocycles. The highest BCUT2D eigenvalue weighted by atomic mass is 19.1. The van der Waals surface area contributed by atoms with Crippen LogP contribution in [0.25, 0.3) is 0 Å². The van der Waals surface area contributed by atoms with Crippen molar-refractivity contribution in [3.8, 4) is 5.75 Å². The molecule has 1 saturated heterocycles. The minimum absolute atomic E-state index is 0.142. The summed E-state index contributed by atoms with van der Waals surface area (Å²) in [6, 6.07) is 5.93. The second kappa shape index (κ2) is 6.24. The number of hydrogen-bond acceptors (Lipinski definition) is 3. The molecule has 2 unspecified atom stereocenters. The summed E-state index contributed by atoms with van der Waals surface area (Å²) in [6.07, 6.45) is 3.09. The van der Waals surface area contributed by atoms with Gasteiger partial charge in [0, 0.05) is 5.92 Å². The summed E-state index contributed by atoms with van der Waals surface area (Å²) in [4.78, 5) is 12.2. The van der Waals surface area contributed by atoms with Gasteiger partial charge in [0.1, 0.15) is 17.7 Å².